The van der Waals surface area contributed by atoms with E-state index in [0.717, 1.165) is 75.6 Å². The van der Waals surface area contributed by atoms with Crippen molar-refractivity contribution in [2.45, 2.75) is 39.7 Å². The largest absolute Gasteiger partial charge is 0.359 e. The topological polar surface area (TPSA) is 94.7 Å². The molecule has 0 bridgehead atoms. The van der Waals surface area contributed by atoms with E-state index in [1.165, 1.54) is 0 Å². The number of anilines is 1. The van der Waals surface area contributed by atoms with Gasteiger partial charge in [-0.2, -0.15) is 0 Å². The Morgan fingerprint density at radius 3 is 2.60 bits per heavy atom. The van der Waals surface area contributed by atoms with Gasteiger partial charge in [0.15, 0.2) is 11.7 Å². The van der Waals surface area contributed by atoms with E-state index >= 15 is 0 Å². The molecule has 0 aliphatic carbocycles. The first-order chi connectivity index (χ1) is 14.7. The molecule has 0 saturated carbocycles. The van der Waals surface area contributed by atoms with Crippen molar-refractivity contribution in [2.75, 3.05) is 50.7 Å². The molecule has 2 aromatic heterocycles. The van der Waals surface area contributed by atoms with Crippen LogP contribution in [0.2, 0.25) is 0 Å². The van der Waals surface area contributed by atoms with Crippen molar-refractivity contribution in [3.63, 3.8) is 0 Å². The number of rotatable bonds is 9. The van der Waals surface area contributed by atoms with Gasteiger partial charge in [-0.05, 0) is 31.9 Å². The van der Waals surface area contributed by atoms with Crippen LogP contribution in [0.5, 0.6) is 0 Å². The van der Waals surface area contributed by atoms with Gasteiger partial charge >= 0.3 is 0 Å². The van der Waals surface area contributed by atoms with Crippen LogP contribution in [0.1, 0.15) is 44.6 Å². The van der Waals surface area contributed by atoms with Crippen molar-refractivity contribution in [3.05, 3.63) is 36.0 Å². The summed E-state index contributed by atoms with van der Waals surface area (Å²) < 4.78 is 5.37. The Bertz CT molecular complexity index is 768. The normalized spacial score (nSPS) is 15.6. The van der Waals surface area contributed by atoms with Gasteiger partial charge in [0, 0.05) is 57.7 Å². The van der Waals surface area contributed by atoms with Crippen molar-refractivity contribution in [1.82, 2.24) is 30.7 Å². The molecule has 30 heavy (non-hydrogen) atoms. The zero-order chi connectivity index (χ0) is 21.2. The van der Waals surface area contributed by atoms with E-state index in [1.807, 2.05) is 12.1 Å². The van der Waals surface area contributed by atoms with Crippen molar-refractivity contribution in [3.8, 4) is 0 Å². The molecule has 0 aromatic carbocycles. The third-order valence-corrected chi connectivity index (χ3v) is 5.06. The van der Waals surface area contributed by atoms with E-state index in [0.29, 0.717) is 12.5 Å². The first-order valence-corrected chi connectivity index (χ1v) is 10.9. The predicted octanol–water partition coefficient (Wildman–Crippen LogP) is 1.86. The summed E-state index contributed by atoms with van der Waals surface area (Å²) in [7, 11) is 0. The average molecular weight is 415 g/mol. The molecule has 0 spiro atoms. The summed E-state index contributed by atoms with van der Waals surface area (Å²) in [6.07, 6.45) is 4.66. The maximum atomic E-state index is 5.37. The average Bonchev–Trinajstić information content (AvgIpc) is 3.25. The smallest absolute Gasteiger partial charge is 0.225 e. The quantitative estimate of drug-likeness (QED) is 0.365. The van der Waals surface area contributed by atoms with Gasteiger partial charge in [-0.25, -0.2) is 15.0 Å². The summed E-state index contributed by atoms with van der Waals surface area (Å²) in [4.78, 5) is 18.0. The molecule has 1 saturated heterocycles. The van der Waals surface area contributed by atoms with Gasteiger partial charge in [0.05, 0.1) is 5.69 Å². The Balaban J connectivity index is 1.36. The maximum absolute atomic E-state index is 5.37. The van der Waals surface area contributed by atoms with Gasteiger partial charge in [-0.15, -0.1) is 0 Å². The second-order valence-electron chi connectivity index (χ2n) is 7.73. The van der Waals surface area contributed by atoms with Crippen LogP contribution in [0.3, 0.4) is 0 Å². The minimum absolute atomic E-state index is 0.361. The van der Waals surface area contributed by atoms with Crippen molar-refractivity contribution < 1.29 is 4.52 Å². The summed E-state index contributed by atoms with van der Waals surface area (Å²) in [6.45, 7) is 13.5. The summed E-state index contributed by atoms with van der Waals surface area (Å²) in [5.41, 5.74) is 0.970. The van der Waals surface area contributed by atoms with Crippen LogP contribution in [0.15, 0.2) is 34.0 Å². The number of aromatic nitrogens is 3. The van der Waals surface area contributed by atoms with Gasteiger partial charge < -0.3 is 20.1 Å². The lowest BCUT2D eigenvalue weighted by Gasteiger charge is -2.34. The molecule has 2 N–H and O–H groups in total. The van der Waals surface area contributed by atoms with E-state index in [1.54, 1.807) is 12.4 Å². The first kappa shape index (κ1) is 22.0. The van der Waals surface area contributed by atoms with Gasteiger partial charge in [-0.1, -0.05) is 19.0 Å². The Morgan fingerprint density at radius 1 is 1.17 bits per heavy atom. The summed E-state index contributed by atoms with van der Waals surface area (Å²) >= 11 is 0. The van der Waals surface area contributed by atoms with Crippen molar-refractivity contribution in [2.24, 2.45) is 4.99 Å². The fourth-order valence-electron chi connectivity index (χ4n) is 3.31. The molecule has 0 unspecified atom stereocenters. The molecule has 0 atom stereocenters. The minimum atomic E-state index is 0.361. The molecular formula is C21H34N8O. The fraction of sp³-hybridized carbons (Fsp3) is 0.619. The number of aliphatic imine (C=N–C) groups is 1. The molecule has 3 rings (SSSR count). The number of piperazine rings is 1. The molecule has 1 aliphatic heterocycles. The van der Waals surface area contributed by atoms with Gasteiger partial charge in [0.2, 0.25) is 5.95 Å². The molecule has 164 valence electrons. The Hall–Kier alpha value is -2.68. The summed E-state index contributed by atoms with van der Waals surface area (Å²) in [5.74, 6) is 2.79. The number of nitrogens with one attached hydrogen (secondary N) is 2. The number of hydrogen-bond acceptors (Lipinski definition) is 7. The van der Waals surface area contributed by atoms with Crippen LogP contribution < -0.4 is 15.5 Å². The van der Waals surface area contributed by atoms with Crippen molar-refractivity contribution in [1.29, 1.82) is 0 Å². The maximum Gasteiger partial charge on any atom is 0.225 e. The lowest BCUT2D eigenvalue weighted by Crippen LogP contribution is -2.47. The molecule has 9 nitrogen and oxygen atoms in total. The SMILES string of the molecule is CCNC(=NCc1cc(C(C)C)no1)NCCCN1CCN(c2ncccn2)CC1. The van der Waals surface area contributed by atoms with Crippen LogP contribution in [-0.2, 0) is 6.54 Å². The highest BCUT2D eigenvalue weighted by molar-refractivity contribution is 5.79. The Kier molecular flexibility index (Phi) is 8.43. The molecule has 3 heterocycles. The molecule has 1 aliphatic rings. The van der Waals surface area contributed by atoms with Crippen LogP contribution >= 0.6 is 0 Å². The van der Waals surface area contributed by atoms with Gasteiger partial charge in [-0.3, -0.25) is 4.90 Å². The second-order valence-corrected chi connectivity index (χ2v) is 7.73. The predicted molar refractivity (Wildman–Crippen MR) is 119 cm³/mol. The van der Waals surface area contributed by atoms with Crippen LogP contribution in [0.4, 0.5) is 5.95 Å². The van der Waals surface area contributed by atoms with Gasteiger partial charge in [0.25, 0.3) is 0 Å². The van der Waals surface area contributed by atoms with E-state index in [9.17, 15) is 0 Å². The Labute approximate surface area is 179 Å². The highest BCUT2D eigenvalue weighted by atomic mass is 16.5. The number of hydrogen-bond donors (Lipinski definition) is 2. The Morgan fingerprint density at radius 2 is 1.93 bits per heavy atom. The molecule has 0 radical (unpaired) electrons. The van der Waals surface area contributed by atoms with Crippen LogP contribution in [-0.4, -0.2) is 71.8 Å². The molecular weight excluding hydrogens is 380 g/mol. The molecule has 9 heteroatoms. The lowest BCUT2D eigenvalue weighted by atomic mass is 10.1. The first-order valence-electron chi connectivity index (χ1n) is 10.9. The monoisotopic (exact) mass is 414 g/mol. The second kappa shape index (κ2) is 11.5. The zero-order valence-electron chi connectivity index (χ0n) is 18.3. The zero-order valence-corrected chi connectivity index (χ0v) is 18.3. The van der Waals surface area contributed by atoms with Crippen LogP contribution in [0, 0.1) is 0 Å². The molecule has 1 fully saturated rings. The van der Waals surface area contributed by atoms with E-state index < -0.39 is 0 Å². The van der Waals surface area contributed by atoms with E-state index in [4.69, 9.17) is 4.52 Å². The standard InChI is InChI=1S/C21H34N8O/c1-4-22-20(26-16-18-15-19(17(2)3)27-30-18)23-9-6-10-28-11-13-29(14-12-28)21-24-7-5-8-25-21/h5,7-8,15,17H,4,6,9-14,16H2,1-3H3,(H2,22,23,26). The molecule has 0 amide bonds. The number of nitrogens with zero attached hydrogens (tertiary/aromatic N) is 6. The number of guanidine groups is 1. The molecule has 2 aromatic rings. The highest BCUT2D eigenvalue weighted by Gasteiger charge is 2.18. The third-order valence-electron chi connectivity index (χ3n) is 5.06. The third kappa shape index (κ3) is 6.69. The fourth-order valence-corrected chi connectivity index (χ4v) is 3.31. The van der Waals surface area contributed by atoms with E-state index in [2.05, 4.69) is 61.3 Å². The van der Waals surface area contributed by atoms with Crippen LogP contribution in [0.25, 0.3) is 0 Å². The summed E-state index contributed by atoms with van der Waals surface area (Å²) in [5, 5.41) is 10.8. The van der Waals surface area contributed by atoms with Gasteiger partial charge in [0.1, 0.15) is 6.54 Å². The minimum Gasteiger partial charge on any atom is -0.359 e. The highest BCUT2D eigenvalue weighted by Crippen LogP contribution is 2.14. The van der Waals surface area contributed by atoms with E-state index in [-0.39, 0.29) is 0 Å². The lowest BCUT2D eigenvalue weighted by molar-refractivity contribution is 0.254. The van der Waals surface area contributed by atoms with Crippen molar-refractivity contribution >= 4 is 11.9 Å². The summed E-state index contributed by atoms with van der Waals surface area (Å²) in [6, 6.07) is 3.84.